The van der Waals surface area contributed by atoms with Crippen molar-refractivity contribution in [2.24, 2.45) is 5.92 Å². The third kappa shape index (κ3) is 4.46. The Labute approximate surface area is 140 Å². The van der Waals surface area contributed by atoms with Gasteiger partial charge < -0.3 is 14.7 Å². The SMILES string of the molecule is O=C1N(CCC2CCCCC2)CCCC1(O)CN1CCOCC1. The van der Waals surface area contributed by atoms with Crippen LogP contribution in [0, 0.1) is 5.92 Å². The highest BCUT2D eigenvalue weighted by molar-refractivity contribution is 5.86. The summed E-state index contributed by atoms with van der Waals surface area (Å²) in [5.41, 5.74) is -1.18. The number of β-amino-alcohol motifs (C(OH)–C–C–N with tert-alkyl or cyclic N) is 1. The van der Waals surface area contributed by atoms with Gasteiger partial charge in [-0.1, -0.05) is 32.1 Å². The summed E-state index contributed by atoms with van der Waals surface area (Å²) in [5, 5.41) is 10.9. The first-order valence-electron chi connectivity index (χ1n) is 9.49. The van der Waals surface area contributed by atoms with Crippen LogP contribution in [0.25, 0.3) is 0 Å². The predicted molar refractivity (Wildman–Crippen MR) is 89.2 cm³/mol. The lowest BCUT2D eigenvalue weighted by Gasteiger charge is -2.42. The molecule has 3 fully saturated rings. The highest BCUT2D eigenvalue weighted by Gasteiger charge is 2.43. The fraction of sp³-hybridized carbons (Fsp3) is 0.944. The van der Waals surface area contributed by atoms with Crippen LogP contribution in [0.5, 0.6) is 0 Å². The van der Waals surface area contributed by atoms with Gasteiger partial charge in [0.15, 0.2) is 5.60 Å². The number of ether oxygens (including phenoxy) is 1. The van der Waals surface area contributed by atoms with Crippen LogP contribution in [0.2, 0.25) is 0 Å². The second kappa shape index (κ2) is 7.95. The molecule has 3 aliphatic rings. The molecular weight excluding hydrogens is 292 g/mol. The van der Waals surface area contributed by atoms with Crippen molar-refractivity contribution >= 4 is 5.91 Å². The van der Waals surface area contributed by atoms with E-state index in [0.717, 1.165) is 44.9 Å². The van der Waals surface area contributed by atoms with E-state index in [4.69, 9.17) is 4.74 Å². The molecule has 5 heteroatoms. The number of aliphatic hydroxyl groups is 1. The standard InChI is InChI=1S/C18H32N2O3/c21-17-18(22,15-19-11-13-23-14-12-19)8-4-9-20(17)10-7-16-5-2-1-3-6-16/h16,22H,1-15H2. The van der Waals surface area contributed by atoms with Crippen LogP contribution in [0.4, 0.5) is 0 Å². The van der Waals surface area contributed by atoms with Gasteiger partial charge in [-0.15, -0.1) is 0 Å². The van der Waals surface area contributed by atoms with E-state index < -0.39 is 5.60 Å². The summed E-state index contributed by atoms with van der Waals surface area (Å²) in [6.45, 7) is 5.15. The highest BCUT2D eigenvalue weighted by Crippen LogP contribution is 2.29. The van der Waals surface area contributed by atoms with Crippen molar-refractivity contribution in [3.05, 3.63) is 0 Å². The fourth-order valence-corrected chi connectivity index (χ4v) is 4.37. The van der Waals surface area contributed by atoms with Gasteiger partial charge >= 0.3 is 0 Å². The molecule has 5 nitrogen and oxygen atoms in total. The summed E-state index contributed by atoms with van der Waals surface area (Å²) in [6.07, 6.45) is 9.33. The van der Waals surface area contributed by atoms with Crippen molar-refractivity contribution < 1.29 is 14.6 Å². The first-order valence-corrected chi connectivity index (χ1v) is 9.49. The molecule has 1 N–H and O–H groups in total. The molecule has 1 aliphatic carbocycles. The summed E-state index contributed by atoms with van der Waals surface area (Å²) in [7, 11) is 0. The monoisotopic (exact) mass is 324 g/mol. The number of piperidine rings is 1. The number of hydrogen-bond donors (Lipinski definition) is 1. The molecule has 0 radical (unpaired) electrons. The number of nitrogens with zero attached hydrogens (tertiary/aromatic N) is 2. The van der Waals surface area contributed by atoms with Crippen LogP contribution in [0.3, 0.4) is 0 Å². The van der Waals surface area contributed by atoms with Crippen molar-refractivity contribution in [2.75, 3.05) is 45.9 Å². The minimum Gasteiger partial charge on any atom is -0.379 e. The lowest BCUT2D eigenvalue weighted by atomic mass is 9.86. The minimum absolute atomic E-state index is 0.0361. The van der Waals surface area contributed by atoms with Gasteiger partial charge in [0.2, 0.25) is 0 Å². The van der Waals surface area contributed by atoms with Crippen molar-refractivity contribution in [3.63, 3.8) is 0 Å². The molecule has 0 bridgehead atoms. The number of carbonyl (C=O) groups is 1. The number of morpholine rings is 1. The van der Waals surface area contributed by atoms with Crippen LogP contribution in [-0.4, -0.2) is 72.4 Å². The zero-order chi connectivity index (χ0) is 16.1. The van der Waals surface area contributed by atoms with Gasteiger partial charge in [-0.2, -0.15) is 0 Å². The Kier molecular flexibility index (Phi) is 5.94. The number of likely N-dealkylation sites (tertiary alicyclic amines) is 1. The average molecular weight is 324 g/mol. The van der Waals surface area contributed by atoms with E-state index in [1.807, 2.05) is 4.90 Å². The quantitative estimate of drug-likeness (QED) is 0.835. The molecule has 3 rings (SSSR count). The zero-order valence-corrected chi connectivity index (χ0v) is 14.3. The second-order valence-corrected chi connectivity index (χ2v) is 7.61. The number of hydrogen-bond acceptors (Lipinski definition) is 4. The molecule has 2 aliphatic heterocycles. The number of rotatable bonds is 5. The van der Waals surface area contributed by atoms with E-state index >= 15 is 0 Å². The van der Waals surface area contributed by atoms with Gasteiger partial charge in [0.1, 0.15) is 0 Å². The maximum atomic E-state index is 12.8. The van der Waals surface area contributed by atoms with E-state index in [1.165, 1.54) is 32.1 Å². The summed E-state index contributed by atoms with van der Waals surface area (Å²) in [6, 6.07) is 0. The van der Waals surface area contributed by atoms with Gasteiger partial charge in [-0.25, -0.2) is 0 Å². The van der Waals surface area contributed by atoms with Gasteiger partial charge in [0, 0.05) is 32.7 Å². The molecule has 132 valence electrons. The molecule has 0 aromatic rings. The maximum Gasteiger partial charge on any atom is 0.255 e. The van der Waals surface area contributed by atoms with Crippen molar-refractivity contribution in [2.45, 2.75) is 57.0 Å². The second-order valence-electron chi connectivity index (χ2n) is 7.61. The van der Waals surface area contributed by atoms with Crippen molar-refractivity contribution in [1.82, 2.24) is 9.80 Å². The van der Waals surface area contributed by atoms with Crippen LogP contribution in [0.15, 0.2) is 0 Å². The Bertz CT molecular complexity index is 392. The number of carbonyl (C=O) groups excluding carboxylic acids is 1. The Morgan fingerprint density at radius 2 is 1.83 bits per heavy atom. The van der Waals surface area contributed by atoms with Gasteiger partial charge in [-0.05, 0) is 25.2 Å². The van der Waals surface area contributed by atoms with E-state index in [1.54, 1.807) is 0 Å². The van der Waals surface area contributed by atoms with Crippen LogP contribution in [-0.2, 0) is 9.53 Å². The molecule has 0 aromatic heterocycles. The molecule has 23 heavy (non-hydrogen) atoms. The molecule has 0 aromatic carbocycles. The van der Waals surface area contributed by atoms with Crippen molar-refractivity contribution in [1.29, 1.82) is 0 Å². The topological polar surface area (TPSA) is 53.0 Å². The summed E-state index contributed by atoms with van der Waals surface area (Å²) in [4.78, 5) is 16.9. The molecular formula is C18H32N2O3. The Morgan fingerprint density at radius 3 is 2.57 bits per heavy atom. The zero-order valence-electron chi connectivity index (χ0n) is 14.3. The Morgan fingerprint density at radius 1 is 1.09 bits per heavy atom. The van der Waals surface area contributed by atoms with E-state index in [2.05, 4.69) is 4.90 Å². The fourth-order valence-electron chi connectivity index (χ4n) is 4.37. The Balaban J connectivity index is 1.51. The summed E-state index contributed by atoms with van der Waals surface area (Å²) >= 11 is 0. The average Bonchev–Trinajstić information content (AvgIpc) is 2.58. The van der Waals surface area contributed by atoms with Crippen LogP contribution in [0.1, 0.15) is 51.4 Å². The summed E-state index contributed by atoms with van der Waals surface area (Å²) in [5.74, 6) is 0.747. The van der Waals surface area contributed by atoms with E-state index in [-0.39, 0.29) is 5.91 Å². The lowest BCUT2D eigenvalue weighted by molar-refractivity contribution is -0.161. The summed E-state index contributed by atoms with van der Waals surface area (Å²) < 4.78 is 5.36. The number of amides is 1. The maximum absolute atomic E-state index is 12.8. The molecule has 1 amide bonds. The Hall–Kier alpha value is -0.650. The molecule has 2 saturated heterocycles. The van der Waals surface area contributed by atoms with E-state index in [0.29, 0.717) is 26.2 Å². The first kappa shape index (κ1) is 17.2. The highest BCUT2D eigenvalue weighted by atomic mass is 16.5. The van der Waals surface area contributed by atoms with E-state index in [9.17, 15) is 9.90 Å². The minimum atomic E-state index is -1.18. The van der Waals surface area contributed by atoms with Gasteiger partial charge in [0.25, 0.3) is 5.91 Å². The molecule has 2 heterocycles. The molecule has 1 unspecified atom stereocenters. The van der Waals surface area contributed by atoms with Gasteiger partial charge in [0.05, 0.1) is 13.2 Å². The lowest BCUT2D eigenvalue weighted by Crippen LogP contribution is -2.59. The van der Waals surface area contributed by atoms with Gasteiger partial charge in [-0.3, -0.25) is 9.69 Å². The molecule has 0 spiro atoms. The van der Waals surface area contributed by atoms with Crippen LogP contribution >= 0.6 is 0 Å². The normalized spacial score (nSPS) is 31.5. The van der Waals surface area contributed by atoms with Crippen LogP contribution < -0.4 is 0 Å². The largest absolute Gasteiger partial charge is 0.379 e. The smallest absolute Gasteiger partial charge is 0.255 e. The van der Waals surface area contributed by atoms with Crippen molar-refractivity contribution in [3.8, 4) is 0 Å². The molecule has 1 atom stereocenters. The third-order valence-corrected chi connectivity index (χ3v) is 5.82. The molecule has 1 saturated carbocycles. The third-order valence-electron chi connectivity index (χ3n) is 5.82. The predicted octanol–water partition coefficient (Wildman–Crippen LogP) is 1.64. The first-order chi connectivity index (χ1) is 11.2.